The molecule has 1 aliphatic rings. The molecule has 1 aliphatic heterocycles. The molecule has 1 saturated heterocycles. The van der Waals surface area contributed by atoms with Gasteiger partial charge in [0.15, 0.2) is 6.10 Å². The molecule has 0 radical (unpaired) electrons. The molecule has 1 aromatic carbocycles. The Morgan fingerprint density at radius 1 is 1.30 bits per heavy atom. The Bertz CT molecular complexity index is 542. The number of rotatable bonds is 7. The van der Waals surface area contributed by atoms with Crippen LogP contribution in [0.15, 0.2) is 24.3 Å². The highest BCUT2D eigenvalue weighted by Gasteiger charge is 2.34. The molecule has 2 rings (SSSR count). The van der Waals surface area contributed by atoms with Crippen LogP contribution in [0.3, 0.4) is 0 Å². The molecule has 0 saturated carbocycles. The van der Waals surface area contributed by atoms with Crippen molar-refractivity contribution in [1.82, 2.24) is 5.32 Å². The number of carboxylic acids is 1. The Morgan fingerprint density at radius 2 is 1.96 bits per heavy atom. The summed E-state index contributed by atoms with van der Waals surface area (Å²) in [6.07, 6.45) is 0.135. The van der Waals surface area contributed by atoms with Gasteiger partial charge in [-0.1, -0.05) is 19.1 Å². The maximum Gasteiger partial charge on any atom is 0.332 e. The highest BCUT2D eigenvalue weighted by atomic mass is 16.5. The van der Waals surface area contributed by atoms with Crippen molar-refractivity contribution in [3.63, 3.8) is 0 Å². The molecular formula is C17H23NO5. The molecule has 2 N–H and O–H groups in total. The predicted octanol–water partition coefficient (Wildman–Crippen LogP) is 1.94. The van der Waals surface area contributed by atoms with E-state index in [4.69, 9.17) is 14.6 Å². The van der Waals surface area contributed by atoms with Crippen LogP contribution in [-0.2, 0) is 14.3 Å². The van der Waals surface area contributed by atoms with Crippen LogP contribution in [0.25, 0.3) is 0 Å². The molecule has 0 aromatic heterocycles. The van der Waals surface area contributed by atoms with Crippen molar-refractivity contribution in [2.45, 2.75) is 44.3 Å². The van der Waals surface area contributed by atoms with Gasteiger partial charge in [0.05, 0.1) is 7.11 Å². The monoisotopic (exact) mass is 321 g/mol. The summed E-state index contributed by atoms with van der Waals surface area (Å²) in [5, 5.41) is 11.7. The topological polar surface area (TPSA) is 84.9 Å². The van der Waals surface area contributed by atoms with Gasteiger partial charge < -0.3 is 19.9 Å². The van der Waals surface area contributed by atoms with Gasteiger partial charge >= 0.3 is 5.97 Å². The van der Waals surface area contributed by atoms with Crippen LogP contribution in [0.1, 0.15) is 37.7 Å². The maximum absolute atomic E-state index is 12.0. The zero-order chi connectivity index (χ0) is 16.8. The van der Waals surface area contributed by atoms with Crippen molar-refractivity contribution >= 4 is 11.9 Å². The van der Waals surface area contributed by atoms with Crippen molar-refractivity contribution in [2.75, 3.05) is 13.7 Å². The second kappa shape index (κ2) is 7.97. The number of methoxy groups -OCH3 is 1. The van der Waals surface area contributed by atoms with E-state index in [1.54, 1.807) is 7.11 Å². The SMILES string of the molecule is COc1ccc(C(C)CCNC(=O)[C@@H]2CC[C@H](C(=O)O)O2)cc1. The number of benzene rings is 1. The summed E-state index contributed by atoms with van der Waals surface area (Å²) in [6.45, 7) is 2.63. The van der Waals surface area contributed by atoms with Crippen molar-refractivity contribution in [2.24, 2.45) is 0 Å². The molecular weight excluding hydrogens is 298 g/mol. The first-order chi connectivity index (χ1) is 11.0. The largest absolute Gasteiger partial charge is 0.497 e. The molecule has 1 unspecified atom stereocenters. The molecule has 126 valence electrons. The van der Waals surface area contributed by atoms with Crippen molar-refractivity contribution < 1.29 is 24.2 Å². The first kappa shape index (κ1) is 17.3. The van der Waals surface area contributed by atoms with Gasteiger partial charge in [-0.05, 0) is 42.9 Å². The fourth-order valence-corrected chi connectivity index (χ4v) is 2.64. The summed E-state index contributed by atoms with van der Waals surface area (Å²) < 4.78 is 10.4. The van der Waals surface area contributed by atoms with Crippen molar-refractivity contribution in [3.8, 4) is 5.75 Å². The highest BCUT2D eigenvalue weighted by molar-refractivity contribution is 5.82. The predicted molar refractivity (Wildman–Crippen MR) is 84.6 cm³/mol. The van der Waals surface area contributed by atoms with Crippen molar-refractivity contribution in [3.05, 3.63) is 29.8 Å². The lowest BCUT2D eigenvalue weighted by Crippen LogP contribution is -2.36. The molecule has 0 spiro atoms. The minimum Gasteiger partial charge on any atom is -0.497 e. The Labute approximate surface area is 135 Å². The minimum absolute atomic E-state index is 0.226. The van der Waals surface area contributed by atoms with Gasteiger partial charge in [-0.15, -0.1) is 0 Å². The summed E-state index contributed by atoms with van der Waals surface area (Å²) in [7, 11) is 1.63. The standard InChI is InChI=1S/C17H23NO5/c1-11(12-3-5-13(22-2)6-4-12)9-10-18-16(19)14-7-8-15(23-14)17(20)21/h3-6,11,14-15H,7-10H2,1-2H3,(H,18,19)(H,20,21)/t11?,14-,15+/m0/s1. The third-order valence-corrected chi connectivity index (χ3v) is 4.15. The van der Waals surface area contributed by atoms with Crippen LogP contribution in [0.5, 0.6) is 5.75 Å². The van der Waals surface area contributed by atoms with E-state index in [-0.39, 0.29) is 5.91 Å². The highest BCUT2D eigenvalue weighted by Crippen LogP contribution is 2.22. The van der Waals surface area contributed by atoms with E-state index in [2.05, 4.69) is 12.2 Å². The minimum atomic E-state index is -1.01. The molecule has 0 bridgehead atoms. The fraction of sp³-hybridized carbons (Fsp3) is 0.529. The zero-order valence-electron chi connectivity index (χ0n) is 13.5. The molecule has 1 heterocycles. The van der Waals surface area contributed by atoms with Gasteiger partial charge in [0.2, 0.25) is 5.91 Å². The van der Waals surface area contributed by atoms with E-state index in [1.807, 2.05) is 24.3 Å². The van der Waals surface area contributed by atoms with E-state index in [1.165, 1.54) is 5.56 Å². The third kappa shape index (κ3) is 4.69. The third-order valence-electron chi connectivity index (χ3n) is 4.15. The molecule has 23 heavy (non-hydrogen) atoms. The van der Waals surface area contributed by atoms with E-state index < -0.39 is 18.2 Å². The van der Waals surface area contributed by atoms with E-state index in [0.29, 0.717) is 25.3 Å². The maximum atomic E-state index is 12.0. The number of amides is 1. The van der Waals surface area contributed by atoms with E-state index in [9.17, 15) is 9.59 Å². The summed E-state index contributed by atoms with van der Waals surface area (Å²) in [5.41, 5.74) is 1.18. The summed E-state index contributed by atoms with van der Waals surface area (Å²) in [6, 6.07) is 7.87. The Balaban J connectivity index is 1.73. The van der Waals surface area contributed by atoms with E-state index in [0.717, 1.165) is 12.2 Å². The number of aliphatic carboxylic acids is 1. The molecule has 6 nitrogen and oxygen atoms in total. The van der Waals surface area contributed by atoms with E-state index >= 15 is 0 Å². The van der Waals surface area contributed by atoms with Gasteiger partial charge in [0, 0.05) is 6.54 Å². The fourth-order valence-electron chi connectivity index (χ4n) is 2.64. The van der Waals surface area contributed by atoms with Crippen LogP contribution in [0.2, 0.25) is 0 Å². The van der Waals surface area contributed by atoms with Crippen LogP contribution in [0.4, 0.5) is 0 Å². The average Bonchev–Trinajstić information content (AvgIpc) is 3.05. The quantitative estimate of drug-likeness (QED) is 0.801. The molecule has 0 aliphatic carbocycles. The van der Waals surface area contributed by atoms with Gasteiger partial charge in [-0.2, -0.15) is 0 Å². The number of hydrogen-bond donors (Lipinski definition) is 2. The van der Waals surface area contributed by atoms with Crippen LogP contribution >= 0.6 is 0 Å². The molecule has 3 atom stereocenters. The van der Waals surface area contributed by atoms with Gasteiger partial charge in [0.25, 0.3) is 0 Å². The summed E-state index contributed by atoms with van der Waals surface area (Å²) >= 11 is 0. The smallest absolute Gasteiger partial charge is 0.332 e. The van der Waals surface area contributed by atoms with Gasteiger partial charge in [-0.25, -0.2) is 4.79 Å². The van der Waals surface area contributed by atoms with Gasteiger partial charge in [-0.3, -0.25) is 4.79 Å². The average molecular weight is 321 g/mol. The molecule has 1 fully saturated rings. The van der Waals surface area contributed by atoms with Crippen LogP contribution in [-0.4, -0.2) is 42.8 Å². The van der Waals surface area contributed by atoms with Crippen LogP contribution < -0.4 is 10.1 Å². The molecule has 6 heteroatoms. The Hall–Kier alpha value is -2.08. The number of nitrogens with one attached hydrogen (secondary N) is 1. The second-order valence-electron chi connectivity index (χ2n) is 5.78. The Kier molecular flexibility index (Phi) is 5.98. The second-order valence-corrected chi connectivity index (χ2v) is 5.78. The lowest BCUT2D eigenvalue weighted by Gasteiger charge is -2.15. The molecule has 1 amide bonds. The molecule has 1 aromatic rings. The number of ether oxygens (including phenoxy) is 2. The normalized spacial score (nSPS) is 21.7. The lowest BCUT2D eigenvalue weighted by atomic mass is 9.98. The Morgan fingerprint density at radius 3 is 2.52 bits per heavy atom. The number of carbonyl (C=O) groups is 2. The number of carboxylic acid groups (broad SMARTS) is 1. The van der Waals surface area contributed by atoms with Crippen molar-refractivity contribution in [1.29, 1.82) is 0 Å². The summed E-state index contributed by atoms with van der Waals surface area (Å²) in [5.74, 6) is -0.109. The van der Waals surface area contributed by atoms with Crippen LogP contribution in [0, 0.1) is 0 Å². The number of carbonyl (C=O) groups excluding carboxylic acids is 1. The lowest BCUT2D eigenvalue weighted by molar-refractivity contribution is -0.151. The summed E-state index contributed by atoms with van der Waals surface area (Å²) in [4.78, 5) is 22.8. The zero-order valence-corrected chi connectivity index (χ0v) is 13.5. The first-order valence-electron chi connectivity index (χ1n) is 7.81. The number of hydrogen-bond acceptors (Lipinski definition) is 4. The first-order valence-corrected chi connectivity index (χ1v) is 7.81. The van der Waals surface area contributed by atoms with Gasteiger partial charge in [0.1, 0.15) is 11.9 Å².